The molecule has 1 aliphatic rings. The minimum Gasteiger partial charge on any atom is -0.409 e. The van der Waals surface area contributed by atoms with Crippen molar-refractivity contribution in [3.63, 3.8) is 0 Å². The average molecular weight is 353 g/mol. The van der Waals surface area contributed by atoms with Crippen LogP contribution >= 0.6 is 0 Å². The lowest BCUT2D eigenvalue weighted by Gasteiger charge is -2.17. The number of hydrogen-bond donors (Lipinski definition) is 4. The monoisotopic (exact) mass is 353 g/mol. The van der Waals surface area contributed by atoms with Crippen LogP contribution in [0, 0.1) is 19.3 Å². The maximum absolute atomic E-state index is 8.90. The molecule has 0 fully saturated rings. The molecule has 0 saturated carbocycles. The van der Waals surface area contributed by atoms with E-state index in [1.165, 1.54) is 0 Å². The number of aryl methyl sites for hydroxylation is 2. The first-order valence-corrected chi connectivity index (χ1v) is 7.87. The van der Waals surface area contributed by atoms with Gasteiger partial charge in [0.25, 0.3) is 0 Å². The van der Waals surface area contributed by atoms with Gasteiger partial charge in [-0.1, -0.05) is 10.3 Å². The van der Waals surface area contributed by atoms with E-state index in [1.54, 1.807) is 6.92 Å². The van der Waals surface area contributed by atoms with E-state index in [2.05, 4.69) is 20.3 Å². The van der Waals surface area contributed by atoms with Crippen LogP contribution in [0.1, 0.15) is 24.1 Å². The third-order valence-electron chi connectivity index (χ3n) is 4.27. The Balaban J connectivity index is 1.95. The Morgan fingerprint density at radius 3 is 2.54 bits per heavy atom. The molecule has 2 aromatic rings. The molecule has 134 valence electrons. The Kier molecular flexibility index (Phi) is 4.29. The average Bonchev–Trinajstić information content (AvgIpc) is 2.94. The van der Waals surface area contributed by atoms with Crippen LogP contribution in [-0.2, 0) is 6.42 Å². The van der Waals surface area contributed by atoms with Crippen LogP contribution in [0.3, 0.4) is 0 Å². The molecule has 0 spiro atoms. The summed E-state index contributed by atoms with van der Waals surface area (Å²) in [5.74, 6) is 0.925. The Bertz CT molecular complexity index is 979. The van der Waals surface area contributed by atoms with E-state index in [9.17, 15) is 0 Å². The number of oxime groups is 1. The Morgan fingerprint density at radius 2 is 1.96 bits per heavy atom. The van der Waals surface area contributed by atoms with Crippen LogP contribution in [0.15, 0.2) is 38.1 Å². The van der Waals surface area contributed by atoms with E-state index in [0.717, 1.165) is 16.8 Å². The lowest BCUT2D eigenvalue weighted by Crippen LogP contribution is -2.29. The van der Waals surface area contributed by atoms with Crippen molar-refractivity contribution in [2.75, 3.05) is 5.73 Å². The summed E-state index contributed by atoms with van der Waals surface area (Å²) in [7, 11) is 0. The summed E-state index contributed by atoms with van der Waals surface area (Å²) in [6.07, 6.45) is 0.355. The number of nitrogens with two attached hydrogens (primary N) is 2. The van der Waals surface area contributed by atoms with Gasteiger partial charge in [-0.25, -0.2) is 9.98 Å². The lowest BCUT2D eigenvalue weighted by atomic mass is 9.97. The van der Waals surface area contributed by atoms with Crippen molar-refractivity contribution >= 4 is 23.1 Å². The number of dihydropyridines is 1. The van der Waals surface area contributed by atoms with Gasteiger partial charge in [0.2, 0.25) is 5.84 Å². The SMILES string of the molecule is CC1=N/C(=N/O)C(=N)C(N)=C1Cc1ccc(-c2c(C)noc2C)c(N)n1. The topological polar surface area (TPSA) is 160 Å². The number of aliphatic imine (C=N–C) groups is 1. The van der Waals surface area contributed by atoms with E-state index in [-0.39, 0.29) is 17.2 Å². The maximum Gasteiger partial charge on any atom is 0.218 e. The summed E-state index contributed by atoms with van der Waals surface area (Å²) in [5.41, 5.74) is 16.5. The molecular formula is C17H19N7O2. The van der Waals surface area contributed by atoms with E-state index in [1.807, 2.05) is 26.0 Å². The van der Waals surface area contributed by atoms with E-state index >= 15 is 0 Å². The van der Waals surface area contributed by atoms with Gasteiger partial charge in [0.15, 0.2) is 0 Å². The number of pyridine rings is 1. The molecule has 0 amide bonds. The van der Waals surface area contributed by atoms with Crippen molar-refractivity contribution in [3.8, 4) is 11.1 Å². The Morgan fingerprint density at radius 1 is 1.23 bits per heavy atom. The van der Waals surface area contributed by atoms with Crippen LogP contribution in [0.25, 0.3) is 11.1 Å². The third-order valence-corrected chi connectivity index (χ3v) is 4.27. The first-order valence-electron chi connectivity index (χ1n) is 7.87. The molecule has 3 rings (SSSR count). The smallest absolute Gasteiger partial charge is 0.218 e. The highest BCUT2D eigenvalue weighted by molar-refractivity contribution is 6.50. The summed E-state index contributed by atoms with van der Waals surface area (Å²) in [4.78, 5) is 8.54. The molecule has 9 nitrogen and oxygen atoms in total. The number of aromatic nitrogens is 2. The van der Waals surface area contributed by atoms with E-state index in [0.29, 0.717) is 35.0 Å². The van der Waals surface area contributed by atoms with Crippen LogP contribution in [0.4, 0.5) is 5.82 Å². The van der Waals surface area contributed by atoms with Gasteiger partial charge < -0.3 is 21.2 Å². The van der Waals surface area contributed by atoms with Crippen LogP contribution in [0.5, 0.6) is 0 Å². The lowest BCUT2D eigenvalue weighted by molar-refractivity contribution is 0.319. The summed E-state index contributed by atoms with van der Waals surface area (Å²) in [6, 6.07) is 3.70. The summed E-state index contributed by atoms with van der Waals surface area (Å²) in [6.45, 7) is 5.40. The highest BCUT2D eigenvalue weighted by Crippen LogP contribution is 2.31. The second-order valence-electron chi connectivity index (χ2n) is 6.00. The second-order valence-corrected chi connectivity index (χ2v) is 6.00. The molecule has 0 aromatic carbocycles. The fourth-order valence-electron chi connectivity index (χ4n) is 2.92. The van der Waals surface area contributed by atoms with Gasteiger partial charge in [0, 0.05) is 29.0 Å². The molecule has 3 heterocycles. The third kappa shape index (κ3) is 2.83. The zero-order valence-corrected chi connectivity index (χ0v) is 14.7. The number of hydrogen-bond acceptors (Lipinski definition) is 8. The van der Waals surface area contributed by atoms with Crippen LogP contribution < -0.4 is 11.5 Å². The van der Waals surface area contributed by atoms with Gasteiger partial charge in [0.1, 0.15) is 17.3 Å². The normalized spacial score (nSPS) is 16.3. The van der Waals surface area contributed by atoms with Gasteiger partial charge in [0.05, 0.1) is 17.0 Å². The number of rotatable bonds is 3. The number of nitrogen functional groups attached to an aromatic ring is 1. The first kappa shape index (κ1) is 17.3. The Hall–Kier alpha value is -3.49. The van der Waals surface area contributed by atoms with Crippen molar-refractivity contribution in [2.24, 2.45) is 15.9 Å². The zero-order valence-electron chi connectivity index (χ0n) is 14.7. The standard InChI is InChI=1S/C17H19N7O2/c1-7-12(14(18)15(19)17(21-7)23-25)6-10-4-5-11(16(20)22-10)13-8(2)24-26-9(13)3/h4-5,19,25H,6,18H2,1-3H3,(H2,20,22)/b19-15?,23-17+. The fourth-order valence-corrected chi connectivity index (χ4v) is 2.92. The molecule has 0 aliphatic carbocycles. The minimum atomic E-state index is -0.117. The van der Waals surface area contributed by atoms with Crippen LogP contribution in [-0.4, -0.2) is 32.6 Å². The molecular weight excluding hydrogens is 334 g/mol. The summed E-state index contributed by atoms with van der Waals surface area (Å²) >= 11 is 0. The predicted molar refractivity (Wildman–Crippen MR) is 98.6 cm³/mol. The number of nitrogens with zero attached hydrogens (tertiary/aromatic N) is 4. The van der Waals surface area contributed by atoms with Crippen molar-refractivity contribution in [2.45, 2.75) is 27.2 Å². The molecule has 0 unspecified atom stereocenters. The van der Waals surface area contributed by atoms with Gasteiger partial charge in [-0.05, 0) is 32.9 Å². The molecule has 1 aliphatic heterocycles. The molecule has 0 saturated heterocycles. The highest BCUT2D eigenvalue weighted by Gasteiger charge is 2.23. The predicted octanol–water partition coefficient (Wildman–Crippen LogP) is 1.97. The molecule has 2 aromatic heterocycles. The largest absolute Gasteiger partial charge is 0.409 e. The van der Waals surface area contributed by atoms with Crippen LogP contribution in [0.2, 0.25) is 0 Å². The van der Waals surface area contributed by atoms with Gasteiger partial charge in [-0.15, -0.1) is 0 Å². The van der Waals surface area contributed by atoms with E-state index in [4.69, 9.17) is 26.6 Å². The quantitative estimate of drug-likeness (QED) is 0.487. The Labute approximate surface area is 149 Å². The highest BCUT2D eigenvalue weighted by atomic mass is 16.5. The minimum absolute atomic E-state index is 0.107. The second kappa shape index (κ2) is 6.43. The zero-order chi connectivity index (χ0) is 19.0. The van der Waals surface area contributed by atoms with Crippen molar-refractivity contribution in [3.05, 3.63) is 40.6 Å². The van der Waals surface area contributed by atoms with Gasteiger partial charge in [-0.3, -0.25) is 5.41 Å². The molecule has 26 heavy (non-hydrogen) atoms. The summed E-state index contributed by atoms with van der Waals surface area (Å²) in [5, 5.41) is 23.7. The molecule has 0 bridgehead atoms. The molecule has 6 N–H and O–H groups in total. The summed E-state index contributed by atoms with van der Waals surface area (Å²) < 4.78 is 5.19. The number of nitrogens with one attached hydrogen (secondary N) is 1. The molecule has 0 atom stereocenters. The number of anilines is 1. The van der Waals surface area contributed by atoms with Gasteiger partial charge >= 0.3 is 0 Å². The fraction of sp³-hybridized carbons (Fsp3) is 0.235. The van der Waals surface area contributed by atoms with Crippen molar-refractivity contribution < 1.29 is 9.73 Å². The van der Waals surface area contributed by atoms with Gasteiger partial charge in [-0.2, -0.15) is 0 Å². The first-order chi connectivity index (χ1) is 12.3. The molecule has 9 heteroatoms. The molecule has 0 radical (unpaired) electrons. The van der Waals surface area contributed by atoms with Crippen molar-refractivity contribution in [1.82, 2.24) is 10.1 Å². The maximum atomic E-state index is 8.90. The number of amidine groups is 1. The number of allylic oxidation sites excluding steroid dienone is 1. The van der Waals surface area contributed by atoms with Crippen molar-refractivity contribution in [1.29, 1.82) is 5.41 Å². The van der Waals surface area contributed by atoms with E-state index < -0.39 is 0 Å².